The molecule has 174 valence electrons. The first-order valence-electron chi connectivity index (χ1n) is 9.85. The topological polar surface area (TPSA) is 109 Å². The number of ether oxygens (including phenoxy) is 2. The molecular formula is C21H25F3N4O4. The first-order valence-corrected chi connectivity index (χ1v) is 9.85. The van der Waals surface area contributed by atoms with Crippen LogP contribution in [-0.4, -0.2) is 60.2 Å². The van der Waals surface area contributed by atoms with Gasteiger partial charge in [-0.3, -0.25) is 5.41 Å². The molecule has 1 aromatic carbocycles. The summed E-state index contributed by atoms with van der Waals surface area (Å²) in [6.45, 7) is 2.56. The quantitative estimate of drug-likeness (QED) is 0.320. The Morgan fingerprint density at radius 2 is 1.91 bits per heavy atom. The van der Waals surface area contributed by atoms with Crippen molar-refractivity contribution < 1.29 is 32.5 Å². The summed E-state index contributed by atoms with van der Waals surface area (Å²) in [5.41, 5.74) is -1.69. The molecule has 2 N–H and O–H groups in total. The smallest absolute Gasteiger partial charge is 0.433 e. The Morgan fingerprint density at radius 3 is 2.47 bits per heavy atom. The minimum atomic E-state index is -4.86. The number of benzene rings is 1. The molecule has 0 aliphatic heterocycles. The number of nitrogens with zero attached hydrogens (tertiary/aromatic N) is 3. The molecular weight excluding hydrogens is 429 g/mol. The van der Waals surface area contributed by atoms with Gasteiger partial charge in [0, 0.05) is 37.1 Å². The Hall–Kier alpha value is -3.37. The monoisotopic (exact) mass is 454 g/mol. The van der Waals surface area contributed by atoms with Gasteiger partial charge in [0.15, 0.2) is 0 Å². The van der Waals surface area contributed by atoms with Gasteiger partial charge in [-0.2, -0.15) is 13.2 Å². The third-order valence-corrected chi connectivity index (χ3v) is 4.59. The van der Waals surface area contributed by atoms with Gasteiger partial charge in [0.05, 0.1) is 19.3 Å². The number of halogens is 3. The average Bonchev–Trinajstić information content (AvgIpc) is 2.77. The molecule has 11 heteroatoms. The molecule has 0 fully saturated rings. The number of rotatable bonds is 10. The Labute approximate surface area is 183 Å². The van der Waals surface area contributed by atoms with E-state index in [1.807, 2.05) is 6.92 Å². The van der Waals surface area contributed by atoms with Crippen molar-refractivity contribution in [3.05, 3.63) is 41.2 Å². The minimum absolute atomic E-state index is 0.233. The van der Waals surface area contributed by atoms with Crippen LogP contribution in [0.15, 0.2) is 24.5 Å². The molecule has 1 heterocycles. The number of carbonyl (C=O) groups is 1. The van der Waals surface area contributed by atoms with Crippen LogP contribution in [0.25, 0.3) is 0 Å². The van der Waals surface area contributed by atoms with Gasteiger partial charge >= 0.3 is 12.1 Å². The van der Waals surface area contributed by atoms with Crippen molar-refractivity contribution >= 4 is 17.6 Å². The maximum Gasteiger partial charge on any atom is 0.433 e. The lowest BCUT2D eigenvalue weighted by Crippen LogP contribution is -2.23. The van der Waals surface area contributed by atoms with Gasteiger partial charge in [0.2, 0.25) is 5.95 Å². The van der Waals surface area contributed by atoms with Gasteiger partial charge in [0.1, 0.15) is 17.2 Å². The zero-order valence-electron chi connectivity index (χ0n) is 18.0. The van der Waals surface area contributed by atoms with E-state index in [9.17, 15) is 23.1 Å². The van der Waals surface area contributed by atoms with Crippen LogP contribution in [0, 0.1) is 5.41 Å². The van der Waals surface area contributed by atoms with Crippen molar-refractivity contribution in [1.82, 2.24) is 9.97 Å². The fraction of sp³-hybridized carbons (Fsp3) is 0.429. The normalized spacial score (nSPS) is 11.2. The number of aromatic hydroxyl groups is 1. The molecule has 0 spiro atoms. The van der Waals surface area contributed by atoms with E-state index in [-0.39, 0.29) is 23.5 Å². The summed E-state index contributed by atoms with van der Waals surface area (Å²) in [6.07, 6.45) is -0.715. The molecule has 0 amide bonds. The summed E-state index contributed by atoms with van der Waals surface area (Å²) in [7, 11) is 3.03. The minimum Gasteiger partial charge on any atom is -0.507 e. The number of phenolic OH excluding ortho intramolecular Hbond substituents is 1. The van der Waals surface area contributed by atoms with Gasteiger partial charge < -0.3 is 19.5 Å². The molecule has 32 heavy (non-hydrogen) atoms. The maximum atomic E-state index is 12.9. The van der Waals surface area contributed by atoms with Gasteiger partial charge in [-0.25, -0.2) is 14.8 Å². The molecule has 0 bridgehead atoms. The third kappa shape index (κ3) is 6.08. The van der Waals surface area contributed by atoms with Crippen molar-refractivity contribution in [2.45, 2.75) is 32.4 Å². The number of carbonyl (C=O) groups excluding carboxylic acids is 1. The number of hydrogen-bond acceptors (Lipinski definition) is 8. The number of esters is 1. The number of alkyl halides is 3. The Balaban J connectivity index is 2.00. The summed E-state index contributed by atoms with van der Waals surface area (Å²) in [5, 5.41) is 17.6. The summed E-state index contributed by atoms with van der Waals surface area (Å²) >= 11 is 0. The van der Waals surface area contributed by atoms with Crippen LogP contribution in [0.5, 0.6) is 11.5 Å². The molecule has 0 aliphatic carbocycles. The van der Waals surface area contributed by atoms with Crippen molar-refractivity contribution in [2.24, 2.45) is 0 Å². The van der Waals surface area contributed by atoms with Crippen LogP contribution >= 0.6 is 0 Å². The van der Waals surface area contributed by atoms with Gasteiger partial charge in [0.25, 0.3) is 0 Å². The van der Waals surface area contributed by atoms with Gasteiger partial charge in [-0.05, 0) is 25.0 Å². The molecule has 2 rings (SSSR count). The molecule has 0 radical (unpaired) electrons. The summed E-state index contributed by atoms with van der Waals surface area (Å²) in [6, 6.07) is 2.39. The average molecular weight is 454 g/mol. The van der Waals surface area contributed by atoms with Crippen molar-refractivity contribution in [3.63, 3.8) is 0 Å². The molecule has 0 saturated carbocycles. The molecule has 2 aromatic rings. The predicted molar refractivity (Wildman–Crippen MR) is 112 cm³/mol. The van der Waals surface area contributed by atoms with E-state index in [1.54, 1.807) is 11.9 Å². The van der Waals surface area contributed by atoms with E-state index < -0.39 is 29.2 Å². The molecule has 0 atom stereocenters. The predicted octanol–water partition coefficient (Wildman–Crippen LogP) is 3.76. The highest BCUT2D eigenvalue weighted by Gasteiger charge is 2.37. The second-order valence-corrected chi connectivity index (χ2v) is 6.95. The zero-order chi connectivity index (χ0) is 23.9. The van der Waals surface area contributed by atoms with Crippen LogP contribution < -0.4 is 9.64 Å². The highest BCUT2D eigenvalue weighted by atomic mass is 19.4. The zero-order valence-corrected chi connectivity index (χ0v) is 18.0. The van der Waals surface area contributed by atoms with Crippen LogP contribution in [-0.2, 0) is 11.2 Å². The van der Waals surface area contributed by atoms with E-state index in [4.69, 9.17) is 10.1 Å². The maximum absolute atomic E-state index is 12.9. The summed E-state index contributed by atoms with van der Waals surface area (Å²) in [5.74, 6) is -0.431. The van der Waals surface area contributed by atoms with Crippen LogP contribution in [0.1, 0.15) is 41.3 Å². The number of anilines is 1. The SMILES string of the molecule is CCCc1c(OCCCN(C)c2ncc(C(=O)OC)cn2)ccc(C(=N)C(F)(F)F)c1O. The number of nitrogens with one attached hydrogen (secondary N) is 1. The largest absolute Gasteiger partial charge is 0.507 e. The number of phenols is 1. The fourth-order valence-electron chi connectivity index (χ4n) is 2.92. The third-order valence-electron chi connectivity index (χ3n) is 4.59. The van der Waals surface area contributed by atoms with Gasteiger partial charge in [-0.15, -0.1) is 0 Å². The molecule has 0 unspecified atom stereocenters. The Morgan fingerprint density at radius 1 is 1.25 bits per heavy atom. The lowest BCUT2D eigenvalue weighted by molar-refractivity contribution is -0.0588. The standard InChI is InChI=1S/C21H25F3N4O4/c1-4-6-14-16(8-7-15(17(14)29)18(25)21(22,23)24)32-10-5-9-28(2)20-26-11-13(12-27-20)19(30)31-3/h7-8,11-12,25,29H,4-6,9-10H2,1-3H3. The fourth-order valence-corrected chi connectivity index (χ4v) is 2.92. The lowest BCUT2D eigenvalue weighted by atomic mass is 10.00. The second kappa shape index (κ2) is 10.8. The summed E-state index contributed by atoms with van der Waals surface area (Å²) < 4.78 is 48.9. The first-order chi connectivity index (χ1) is 15.1. The van der Waals surface area contributed by atoms with E-state index >= 15 is 0 Å². The first kappa shape index (κ1) is 24.9. The van der Waals surface area contributed by atoms with Crippen molar-refractivity contribution in [3.8, 4) is 11.5 Å². The Bertz CT molecular complexity index is 949. The second-order valence-electron chi connectivity index (χ2n) is 6.95. The van der Waals surface area contributed by atoms with Gasteiger partial charge in [-0.1, -0.05) is 13.3 Å². The van der Waals surface area contributed by atoms with E-state index in [0.717, 1.165) is 6.07 Å². The number of aromatic nitrogens is 2. The van der Waals surface area contributed by atoms with E-state index in [2.05, 4.69) is 14.7 Å². The number of methoxy groups -OCH3 is 1. The van der Waals surface area contributed by atoms with Crippen molar-refractivity contribution in [1.29, 1.82) is 5.41 Å². The molecule has 0 aliphatic rings. The van der Waals surface area contributed by atoms with E-state index in [0.29, 0.717) is 31.8 Å². The lowest BCUT2D eigenvalue weighted by Gasteiger charge is -2.19. The molecule has 8 nitrogen and oxygen atoms in total. The van der Waals surface area contributed by atoms with Crippen LogP contribution in [0.4, 0.5) is 19.1 Å². The molecule has 0 saturated heterocycles. The van der Waals surface area contributed by atoms with E-state index in [1.165, 1.54) is 25.6 Å². The Kier molecular flexibility index (Phi) is 8.39. The van der Waals surface area contributed by atoms with Crippen molar-refractivity contribution in [2.75, 3.05) is 32.2 Å². The molecule has 1 aromatic heterocycles. The highest BCUT2D eigenvalue weighted by Crippen LogP contribution is 2.35. The van der Waals surface area contributed by atoms with Crippen LogP contribution in [0.2, 0.25) is 0 Å². The van der Waals surface area contributed by atoms with Crippen LogP contribution in [0.3, 0.4) is 0 Å². The number of hydrogen-bond donors (Lipinski definition) is 2. The highest BCUT2D eigenvalue weighted by molar-refractivity contribution is 6.04. The summed E-state index contributed by atoms with van der Waals surface area (Å²) in [4.78, 5) is 21.4.